The molecule has 120 valence electrons. The Labute approximate surface area is 137 Å². The first-order chi connectivity index (χ1) is 11.2. The van der Waals surface area contributed by atoms with E-state index in [0.717, 1.165) is 24.2 Å². The summed E-state index contributed by atoms with van der Waals surface area (Å²) in [5.74, 6) is 1.21. The van der Waals surface area contributed by atoms with E-state index in [2.05, 4.69) is 27.5 Å². The van der Waals surface area contributed by atoms with Crippen LogP contribution in [0.2, 0.25) is 0 Å². The topological polar surface area (TPSA) is 81.4 Å². The van der Waals surface area contributed by atoms with E-state index in [1.54, 1.807) is 4.52 Å². The van der Waals surface area contributed by atoms with Crippen LogP contribution in [0.5, 0.6) is 5.75 Å². The Balaban J connectivity index is 1.60. The smallest absolute Gasteiger partial charge is 0.264 e. The zero-order valence-corrected chi connectivity index (χ0v) is 13.8. The maximum atomic E-state index is 11.9. The van der Waals surface area contributed by atoms with Gasteiger partial charge in [0.05, 0.1) is 0 Å². The average Bonchev–Trinajstić information content (AvgIpc) is 3.08. The molecule has 0 aliphatic carbocycles. The first-order valence-corrected chi connectivity index (χ1v) is 8.18. The van der Waals surface area contributed by atoms with Crippen molar-refractivity contribution in [2.75, 3.05) is 11.9 Å². The standard InChI is InChI=1S/C15H17N5O2S/c1-3-4-12-17-18-15-20(12)19-14(23-15)16-13(21)9-22-11-7-5-10(2)6-8-11/h5-8H,3-4,9H2,1-2H3,(H,16,19,21). The largest absolute Gasteiger partial charge is 0.484 e. The van der Waals surface area contributed by atoms with Gasteiger partial charge in [0.25, 0.3) is 5.91 Å². The van der Waals surface area contributed by atoms with Gasteiger partial charge >= 0.3 is 0 Å². The van der Waals surface area contributed by atoms with Crippen molar-refractivity contribution in [1.29, 1.82) is 0 Å². The van der Waals surface area contributed by atoms with E-state index < -0.39 is 0 Å². The molecule has 0 spiro atoms. The van der Waals surface area contributed by atoms with Gasteiger partial charge in [0.2, 0.25) is 10.1 Å². The van der Waals surface area contributed by atoms with Crippen molar-refractivity contribution >= 4 is 27.3 Å². The fraction of sp³-hybridized carbons (Fsp3) is 0.333. The molecule has 0 atom stereocenters. The summed E-state index contributed by atoms with van der Waals surface area (Å²) in [6, 6.07) is 7.54. The molecule has 1 N–H and O–H groups in total. The number of hydrogen-bond acceptors (Lipinski definition) is 6. The Bertz CT molecular complexity index is 809. The molecular weight excluding hydrogens is 314 g/mol. The van der Waals surface area contributed by atoms with E-state index in [9.17, 15) is 4.79 Å². The van der Waals surface area contributed by atoms with Crippen LogP contribution >= 0.6 is 11.3 Å². The van der Waals surface area contributed by atoms with E-state index in [0.29, 0.717) is 15.8 Å². The Morgan fingerprint density at radius 3 is 2.83 bits per heavy atom. The van der Waals surface area contributed by atoms with Crippen molar-refractivity contribution in [3.05, 3.63) is 35.7 Å². The molecule has 0 unspecified atom stereocenters. The third-order valence-corrected chi connectivity index (χ3v) is 3.98. The highest BCUT2D eigenvalue weighted by atomic mass is 32.1. The Kier molecular flexibility index (Phi) is 4.52. The highest BCUT2D eigenvalue weighted by molar-refractivity contribution is 7.20. The number of anilines is 1. The summed E-state index contributed by atoms with van der Waals surface area (Å²) in [7, 11) is 0. The van der Waals surface area contributed by atoms with E-state index in [1.165, 1.54) is 11.3 Å². The molecule has 3 rings (SSSR count). The molecule has 0 saturated heterocycles. The first kappa shape index (κ1) is 15.4. The van der Waals surface area contributed by atoms with Gasteiger partial charge in [-0.3, -0.25) is 10.1 Å². The lowest BCUT2D eigenvalue weighted by Crippen LogP contribution is -2.20. The van der Waals surface area contributed by atoms with Crippen LogP contribution in [-0.2, 0) is 11.2 Å². The van der Waals surface area contributed by atoms with Gasteiger partial charge in [-0.25, -0.2) is 0 Å². The summed E-state index contributed by atoms with van der Waals surface area (Å²) in [4.78, 5) is 12.6. The number of carbonyl (C=O) groups is 1. The summed E-state index contributed by atoms with van der Waals surface area (Å²) >= 11 is 1.29. The molecule has 23 heavy (non-hydrogen) atoms. The van der Waals surface area contributed by atoms with Gasteiger partial charge in [0.1, 0.15) is 5.75 Å². The summed E-state index contributed by atoms with van der Waals surface area (Å²) in [5, 5.41) is 15.7. The average molecular weight is 331 g/mol. The third kappa shape index (κ3) is 3.65. The lowest BCUT2D eigenvalue weighted by molar-refractivity contribution is -0.118. The van der Waals surface area contributed by atoms with Crippen molar-refractivity contribution < 1.29 is 9.53 Å². The molecule has 0 bridgehead atoms. The van der Waals surface area contributed by atoms with Gasteiger partial charge in [-0.1, -0.05) is 36.0 Å². The third-order valence-electron chi connectivity index (χ3n) is 3.17. The molecular formula is C15H17N5O2S. The first-order valence-electron chi connectivity index (χ1n) is 7.36. The van der Waals surface area contributed by atoms with Crippen LogP contribution in [-0.4, -0.2) is 32.3 Å². The Hall–Kier alpha value is -2.48. The molecule has 0 saturated carbocycles. The maximum Gasteiger partial charge on any atom is 0.264 e. The van der Waals surface area contributed by atoms with Crippen molar-refractivity contribution in [1.82, 2.24) is 19.8 Å². The van der Waals surface area contributed by atoms with E-state index in [4.69, 9.17) is 4.74 Å². The fourth-order valence-electron chi connectivity index (χ4n) is 2.03. The molecule has 0 fully saturated rings. The van der Waals surface area contributed by atoms with Gasteiger partial charge in [-0.05, 0) is 25.5 Å². The summed E-state index contributed by atoms with van der Waals surface area (Å²) in [6.07, 6.45) is 1.76. The number of benzene rings is 1. The SMILES string of the molecule is CCCc1nnc2sc(NC(=O)COc3ccc(C)cc3)nn12. The van der Waals surface area contributed by atoms with Crippen LogP contribution in [0.4, 0.5) is 5.13 Å². The minimum atomic E-state index is -0.257. The molecule has 2 aromatic heterocycles. The normalized spacial score (nSPS) is 10.9. The van der Waals surface area contributed by atoms with E-state index in [-0.39, 0.29) is 12.5 Å². The highest BCUT2D eigenvalue weighted by Crippen LogP contribution is 2.19. The number of aromatic nitrogens is 4. The number of aryl methyl sites for hydroxylation is 2. The maximum absolute atomic E-state index is 11.9. The molecule has 2 heterocycles. The molecule has 8 heteroatoms. The Morgan fingerprint density at radius 2 is 2.09 bits per heavy atom. The van der Waals surface area contributed by atoms with Crippen molar-refractivity contribution in [2.45, 2.75) is 26.7 Å². The van der Waals surface area contributed by atoms with E-state index >= 15 is 0 Å². The van der Waals surface area contributed by atoms with Crippen LogP contribution in [0.15, 0.2) is 24.3 Å². The monoisotopic (exact) mass is 331 g/mol. The second kappa shape index (κ2) is 6.74. The zero-order valence-electron chi connectivity index (χ0n) is 12.9. The summed E-state index contributed by atoms with van der Waals surface area (Å²) in [6.45, 7) is 4.00. The van der Waals surface area contributed by atoms with E-state index in [1.807, 2.05) is 31.2 Å². The van der Waals surface area contributed by atoms with Crippen LogP contribution in [0, 0.1) is 6.92 Å². The second-order valence-electron chi connectivity index (χ2n) is 5.12. The van der Waals surface area contributed by atoms with Gasteiger partial charge in [-0.15, -0.1) is 15.3 Å². The molecule has 1 aromatic carbocycles. The predicted octanol–water partition coefficient (Wildman–Crippen LogP) is 2.46. The van der Waals surface area contributed by atoms with Crippen molar-refractivity contribution in [3.8, 4) is 5.75 Å². The second-order valence-corrected chi connectivity index (χ2v) is 6.07. The van der Waals surface area contributed by atoms with Crippen molar-refractivity contribution in [3.63, 3.8) is 0 Å². The predicted molar refractivity (Wildman–Crippen MR) is 88.0 cm³/mol. The molecule has 7 nitrogen and oxygen atoms in total. The van der Waals surface area contributed by atoms with Crippen LogP contribution in [0.1, 0.15) is 24.7 Å². The molecule has 0 aliphatic heterocycles. The number of rotatable bonds is 6. The molecule has 0 radical (unpaired) electrons. The minimum absolute atomic E-state index is 0.0645. The minimum Gasteiger partial charge on any atom is -0.484 e. The summed E-state index contributed by atoms with van der Waals surface area (Å²) in [5.41, 5.74) is 1.14. The fourth-order valence-corrected chi connectivity index (χ4v) is 2.80. The lowest BCUT2D eigenvalue weighted by atomic mass is 10.2. The quantitative estimate of drug-likeness (QED) is 0.750. The van der Waals surface area contributed by atoms with Crippen molar-refractivity contribution in [2.24, 2.45) is 0 Å². The van der Waals surface area contributed by atoms with Crippen LogP contribution in [0.25, 0.3) is 4.96 Å². The molecule has 1 amide bonds. The number of nitrogens with one attached hydrogen (secondary N) is 1. The highest BCUT2D eigenvalue weighted by Gasteiger charge is 2.13. The van der Waals surface area contributed by atoms with Gasteiger partial charge in [0, 0.05) is 6.42 Å². The number of carbonyl (C=O) groups excluding carboxylic acids is 1. The summed E-state index contributed by atoms with van der Waals surface area (Å²) < 4.78 is 7.11. The van der Waals surface area contributed by atoms with Crippen LogP contribution in [0.3, 0.4) is 0 Å². The number of ether oxygens (including phenoxy) is 1. The lowest BCUT2D eigenvalue weighted by Gasteiger charge is -2.05. The molecule has 0 aliphatic rings. The van der Waals surface area contributed by atoms with Crippen LogP contribution < -0.4 is 10.1 Å². The Morgan fingerprint density at radius 1 is 1.30 bits per heavy atom. The van der Waals surface area contributed by atoms with Gasteiger partial charge in [-0.2, -0.15) is 4.52 Å². The van der Waals surface area contributed by atoms with Gasteiger partial charge < -0.3 is 4.74 Å². The number of amides is 1. The zero-order chi connectivity index (χ0) is 16.2. The number of fused-ring (bicyclic) bond motifs is 1. The number of nitrogens with zero attached hydrogens (tertiary/aromatic N) is 4. The molecule has 3 aromatic rings. The number of hydrogen-bond donors (Lipinski definition) is 1. The van der Waals surface area contributed by atoms with Gasteiger partial charge in [0.15, 0.2) is 12.4 Å².